The van der Waals surface area contributed by atoms with Crippen molar-refractivity contribution in [1.29, 1.82) is 0 Å². The third kappa shape index (κ3) is 3.25. The van der Waals surface area contributed by atoms with Crippen molar-refractivity contribution >= 4 is 28.8 Å². The zero-order valence-electron chi connectivity index (χ0n) is 13.0. The first-order chi connectivity index (χ1) is 12.0. The predicted molar refractivity (Wildman–Crippen MR) is 92.6 cm³/mol. The van der Waals surface area contributed by atoms with Crippen LogP contribution in [0.15, 0.2) is 54.6 Å². The van der Waals surface area contributed by atoms with Crippen LogP contribution in [0.5, 0.6) is 0 Å². The van der Waals surface area contributed by atoms with Crippen LogP contribution in [0.1, 0.15) is 15.9 Å². The normalized spacial score (nSPS) is 10.5. The van der Waals surface area contributed by atoms with Crippen LogP contribution in [0.4, 0.5) is 31.8 Å². The molecule has 1 aromatic heterocycles. The Kier molecular flexibility index (Phi) is 4.30. The van der Waals surface area contributed by atoms with E-state index in [9.17, 15) is 13.6 Å². The standard InChI is InChI=1S/C18H14F2N4O/c19-11-4-3-5-12(20)16(11)17(25)10-8-9-15(24-18(10)22)23-14-7-2-1-6-13(14)21/h1-9H,21H2,(H3,22,23,24). The van der Waals surface area contributed by atoms with Gasteiger partial charge in [-0.2, -0.15) is 0 Å². The largest absolute Gasteiger partial charge is 0.397 e. The first-order valence-electron chi connectivity index (χ1n) is 7.34. The molecular weight excluding hydrogens is 326 g/mol. The fourth-order valence-corrected chi connectivity index (χ4v) is 2.33. The van der Waals surface area contributed by atoms with Gasteiger partial charge in [0.05, 0.1) is 22.5 Å². The summed E-state index contributed by atoms with van der Waals surface area (Å²) in [6.07, 6.45) is 0. The number of anilines is 4. The Labute approximate surface area is 142 Å². The molecule has 126 valence electrons. The number of nitrogens with zero attached hydrogens (tertiary/aromatic N) is 1. The molecule has 5 N–H and O–H groups in total. The van der Waals surface area contributed by atoms with E-state index >= 15 is 0 Å². The summed E-state index contributed by atoms with van der Waals surface area (Å²) in [5.41, 5.74) is 12.0. The van der Waals surface area contributed by atoms with Crippen molar-refractivity contribution in [2.45, 2.75) is 0 Å². The van der Waals surface area contributed by atoms with Gasteiger partial charge in [0.2, 0.25) is 5.78 Å². The van der Waals surface area contributed by atoms with Gasteiger partial charge in [-0.1, -0.05) is 18.2 Å². The summed E-state index contributed by atoms with van der Waals surface area (Å²) in [6.45, 7) is 0. The third-order valence-corrected chi connectivity index (χ3v) is 3.58. The number of nitrogens with one attached hydrogen (secondary N) is 1. The van der Waals surface area contributed by atoms with E-state index < -0.39 is 23.0 Å². The molecule has 5 nitrogen and oxygen atoms in total. The van der Waals surface area contributed by atoms with Crippen molar-refractivity contribution in [2.75, 3.05) is 16.8 Å². The quantitative estimate of drug-likeness (QED) is 0.499. The van der Waals surface area contributed by atoms with E-state index in [1.807, 2.05) is 0 Å². The number of hydrogen-bond acceptors (Lipinski definition) is 5. The average molecular weight is 340 g/mol. The highest BCUT2D eigenvalue weighted by atomic mass is 19.1. The van der Waals surface area contributed by atoms with Crippen LogP contribution in [-0.4, -0.2) is 10.8 Å². The molecule has 0 amide bonds. The van der Waals surface area contributed by atoms with E-state index in [0.717, 1.165) is 12.1 Å². The molecule has 0 saturated heterocycles. The van der Waals surface area contributed by atoms with Gasteiger partial charge in [-0.15, -0.1) is 0 Å². The van der Waals surface area contributed by atoms with E-state index in [1.165, 1.54) is 18.2 Å². The Morgan fingerprint density at radius 1 is 0.920 bits per heavy atom. The van der Waals surface area contributed by atoms with E-state index in [-0.39, 0.29) is 11.4 Å². The Morgan fingerprint density at radius 2 is 1.60 bits per heavy atom. The SMILES string of the molecule is Nc1ccccc1Nc1ccc(C(=O)c2c(F)cccc2F)c(N)n1. The molecule has 0 atom stereocenters. The van der Waals surface area contributed by atoms with E-state index in [0.29, 0.717) is 17.2 Å². The van der Waals surface area contributed by atoms with Crippen molar-refractivity contribution in [3.63, 3.8) is 0 Å². The number of halogens is 2. The summed E-state index contributed by atoms with van der Waals surface area (Å²) < 4.78 is 27.6. The van der Waals surface area contributed by atoms with E-state index in [4.69, 9.17) is 11.5 Å². The lowest BCUT2D eigenvalue weighted by atomic mass is 10.0. The van der Waals surface area contributed by atoms with Crippen molar-refractivity contribution < 1.29 is 13.6 Å². The number of hydrogen-bond donors (Lipinski definition) is 3. The lowest BCUT2D eigenvalue weighted by Gasteiger charge is -2.11. The van der Waals surface area contributed by atoms with Crippen LogP contribution in [0.25, 0.3) is 0 Å². The molecular formula is C18H14F2N4O. The van der Waals surface area contributed by atoms with Crippen molar-refractivity contribution in [1.82, 2.24) is 4.98 Å². The monoisotopic (exact) mass is 340 g/mol. The highest BCUT2D eigenvalue weighted by molar-refractivity contribution is 6.12. The number of rotatable bonds is 4. The van der Waals surface area contributed by atoms with Crippen LogP contribution in [0.2, 0.25) is 0 Å². The second-order valence-electron chi connectivity index (χ2n) is 5.27. The van der Waals surface area contributed by atoms with Gasteiger partial charge in [0.1, 0.15) is 23.3 Å². The van der Waals surface area contributed by atoms with Crippen LogP contribution >= 0.6 is 0 Å². The predicted octanol–water partition coefficient (Wildman–Crippen LogP) is 3.50. The number of carbonyl (C=O) groups is 1. The van der Waals surface area contributed by atoms with Gasteiger partial charge in [-0.05, 0) is 36.4 Å². The first-order valence-corrected chi connectivity index (χ1v) is 7.34. The maximum atomic E-state index is 13.8. The van der Waals surface area contributed by atoms with Gasteiger partial charge in [0, 0.05) is 0 Å². The van der Waals surface area contributed by atoms with E-state index in [1.54, 1.807) is 24.3 Å². The fraction of sp³-hybridized carbons (Fsp3) is 0. The second kappa shape index (κ2) is 6.56. The molecule has 0 radical (unpaired) electrons. The third-order valence-electron chi connectivity index (χ3n) is 3.58. The topological polar surface area (TPSA) is 94.0 Å². The number of carbonyl (C=O) groups excluding carboxylic acids is 1. The minimum absolute atomic E-state index is 0.0874. The molecule has 25 heavy (non-hydrogen) atoms. The number of benzene rings is 2. The van der Waals surface area contributed by atoms with E-state index in [2.05, 4.69) is 10.3 Å². The molecule has 0 bridgehead atoms. The maximum Gasteiger partial charge on any atom is 0.202 e. The molecule has 0 aliphatic carbocycles. The van der Waals surface area contributed by atoms with Crippen molar-refractivity contribution in [3.05, 3.63) is 77.4 Å². The maximum absolute atomic E-state index is 13.8. The van der Waals surface area contributed by atoms with Crippen LogP contribution in [0.3, 0.4) is 0 Å². The first kappa shape index (κ1) is 16.4. The summed E-state index contributed by atoms with van der Waals surface area (Å²) in [5.74, 6) is -2.58. The van der Waals surface area contributed by atoms with Gasteiger partial charge in [-0.25, -0.2) is 13.8 Å². The number of para-hydroxylation sites is 2. The number of ketones is 1. The Hall–Kier alpha value is -3.48. The van der Waals surface area contributed by atoms with Crippen LogP contribution in [-0.2, 0) is 0 Å². The molecule has 0 fully saturated rings. The average Bonchev–Trinajstić information content (AvgIpc) is 2.57. The molecule has 2 aromatic carbocycles. The molecule has 7 heteroatoms. The molecule has 0 spiro atoms. The van der Waals surface area contributed by atoms with Gasteiger partial charge >= 0.3 is 0 Å². The Bertz CT molecular complexity index is 939. The fourth-order valence-electron chi connectivity index (χ4n) is 2.33. The summed E-state index contributed by atoms with van der Waals surface area (Å²) in [6, 6.07) is 13.1. The zero-order valence-corrected chi connectivity index (χ0v) is 13.0. The smallest absolute Gasteiger partial charge is 0.202 e. The molecule has 0 aliphatic heterocycles. The minimum atomic E-state index is -0.955. The highest BCUT2D eigenvalue weighted by Crippen LogP contribution is 2.25. The van der Waals surface area contributed by atoms with Gasteiger partial charge in [0.25, 0.3) is 0 Å². The highest BCUT2D eigenvalue weighted by Gasteiger charge is 2.21. The number of pyridine rings is 1. The lowest BCUT2D eigenvalue weighted by Crippen LogP contribution is -2.11. The molecule has 3 rings (SSSR count). The molecule has 3 aromatic rings. The van der Waals surface area contributed by atoms with Crippen LogP contribution in [0, 0.1) is 11.6 Å². The van der Waals surface area contributed by atoms with Gasteiger partial charge in [-0.3, -0.25) is 4.79 Å². The number of nitrogens with two attached hydrogens (primary N) is 2. The van der Waals surface area contributed by atoms with Crippen LogP contribution < -0.4 is 16.8 Å². The van der Waals surface area contributed by atoms with Crippen molar-refractivity contribution in [3.8, 4) is 0 Å². The number of nitrogen functional groups attached to an aromatic ring is 2. The lowest BCUT2D eigenvalue weighted by molar-refractivity contribution is 0.103. The second-order valence-corrected chi connectivity index (χ2v) is 5.27. The summed E-state index contributed by atoms with van der Waals surface area (Å²) in [7, 11) is 0. The molecule has 0 aliphatic rings. The molecule has 0 saturated carbocycles. The van der Waals surface area contributed by atoms with Gasteiger partial charge < -0.3 is 16.8 Å². The summed E-state index contributed by atoms with van der Waals surface area (Å²) >= 11 is 0. The summed E-state index contributed by atoms with van der Waals surface area (Å²) in [4.78, 5) is 16.5. The van der Waals surface area contributed by atoms with Gasteiger partial charge in [0.15, 0.2) is 0 Å². The Morgan fingerprint density at radius 3 is 2.24 bits per heavy atom. The van der Waals surface area contributed by atoms with Crippen molar-refractivity contribution in [2.24, 2.45) is 0 Å². The Balaban J connectivity index is 1.92. The number of aromatic nitrogens is 1. The summed E-state index contributed by atoms with van der Waals surface area (Å²) in [5, 5.41) is 2.97. The minimum Gasteiger partial charge on any atom is -0.397 e. The zero-order chi connectivity index (χ0) is 18.0. The molecule has 0 unspecified atom stereocenters. The molecule has 1 heterocycles.